The number of anilines is 1. The molecule has 0 amide bonds. The van der Waals surface area contributed by atoms with Crippen LogP contribution < -0.4 is 5.73 Å². The van der Waals surface area contributed by atoms with Crippen molar-refractivity contribution in [2.45, 2.75) is 14.7 Å². The number of rotatable bonds is 11. The van der Waals surface area contributed by atoms with Crippen molar-refractivity contribution in [2.24, 2.45) is 20.5 Å². The van der Waals surface area contributed by atoms with Crippen LogP contribution >= 0.6 is 35.7 Å². The summed E-state index contributed by atoms with van der Waals surface area (Å²) in [5.41, 5.74) is 5.59. The van der Waals surface area contributed by atoms with Gasteiger partial charge in [-0.1, -0.05) is 39.9 Å². The van der Waals surface area contributed by atoms with Gasteiger partial charge in [0.15, 0.2) is 5.75 Å². The van der Waals surface area contributed by atoms with Crippen LogP contribution in [0.25, 0.3) is 21.5 Å². The molecule has 0 aliphatic rings. The molecule has 5 aromatic carbocycles. The summed E-state index contributed by atoms with van der Waals surface area (Å²) in [6.07, 6.45) is 0. The summed E-state index contributed by atoms with van der Waals surface area (Å²) >= 11 is 7.58. The van der Waals surface area contributed by atoms with Gasteiger partial charge >= 0.3 is 0 Å². The molecule has 238 valence electrons. The Morgan fingerprint density at radius 2 is 1.48 bits per heavy atom. The molecular weight excluding hydrogens is 690 g/mol. The lowest BCUT2D eigenvalue weighted by Gasteiger charge is -2.11. The number of nitrogens with two attached hydrogens (primary N) is 1. The van der Waals surface area contributed by atoms with E-state index in [4.69, 9.17) is 27.8 Å². The largest absolute Gasteiger partial charge is 0.506 e. The van der Waals surface area contributed by atoms with Crippen molar-refractivity contribution in [3.8, 4) is 11.5 Å². The molecular formula is C26H18ClN5O11S3. The summed E-state index contributed by atoms with van der Waals surface area (Å²) in [4.78, 5) is 0.0591. The standard InChI is InChI=1S/C26H18ClN5O11S3/c27-17-10-20(31-29-14-4-5-15-12(6-14)2-1-3-22(15)44-42-40-35)21(33)11-19(17)30-32-25-23(45-43-41-36)7-13-8-24(46(37,38)39)18(28)9-16(13)26(25)34/h1-11,33-36H,28H2,(H,37,38,39)/b31-29+,32-30+. The topological polar surface area (TPSA) is 248 Å². The molecule has 20 heteroatoms. The van der Waals surface area contributed by atoms with Crippen LogP contribution in [0.2, 0.25) is 5.02 Å². The highest BCUT2D eigenvalue weighted by Crippen LogP contribution is 2.46. The van der Waals surface area contributed by atoms with E-state index in [-0.39, 0.29) is 49.2 Å². The molecule has 0 aliphatic carbocycles. The molecule has 16 nitrogen and oxygen atoms in total. The Balaban J connectivity index is 1.46. The summed E-state index contributed by atoms with van der Waals surface area (Å²) in [5, 5.41) is 63.8. The van der Waals surface area contributed by atoms with Crippen molar-refractivity contribution < 1.29 is 52.4 Å². The second-order valence-electron chi connectivity index (χ2n) is 8.96. The van der Waals surface area contributed by atoms with Crippen molar-refractivity contribution in [1.82, 2.24) is 0 Å². The molecule has 0 radical (unpaired) electrons. The minimum Gasteiger partial charge on any atom is -0.506 e. The summed E-state index contributed by atoms with van der Waals surface area (Å²) in [6.45, 7) is 0. The van der Waals surface area contributed by atoms with Gasteiger partial charge in [-0.15, -0.1) is 24.0 Å². The molecule has 0 aromatic heterocycles. The maximum Gasteiger partial charge on any atom is 0.296 e. The highest BCUT2D eigenvalue weighted by Gasteiger charge is 2.21. The van der Waals surface area contributed by atoms with Gasteiger partial charge in [0, 0.05) is 16.3 Å². The highest BCUT2D eigenvalue weighted by molar-refractivity contribution is 7.95. The predicted molar refractivity (Wildman–Crippen MR) is 167 cm³/mol. The van der Waals surface area contributed by atoms with Gasteiger partial charge in [-0.3, -0.25) is 4.55 Å². The Labute approximate surface area is 271 Å². The van der Waals surface area contributed by atoms with E-state index >= 15 is 0 Å². The van der Waals surface area contributed by atoms with Gasteiger partial charge in [0.25, 0.3) is 10.1 Å². The zero-order chi connectivity index (χ0) is 33.0. The summed E-state index contributed by atoms with van der Waals surface area (Å²) in [6, 6.07) is 16.4. The molecule has 46 heavy (non-hydrogen) atoms. The third-order valence-electron chi connectivity index (χ3n) is 6.17. The number of azo groups is 2. The van der Waals surface area contributed by atoms with Crippen LogP contribution in [0, 0.1) is 0 Å². The minimum absolute atomic E-state index is 0.00487. The minimum atomic E-state index is -4.69. The van der Waals surface area contributed by atoms with E-state index in [1.165, 1.54) is 12.1 Å². The van der Waals surface area contributed by atoms with E-state index in [1.807, 2.05) is 6.07 Å². The van der Waals surface area contributed by atoms with Crippen molar-refractivity contribution in [3.63, 3.8) is 0 Å². The summed E-state index contributed by atoms with van der Waals surface area (Å²) < 4.78 is 41.8. The van der Waals surface area contributed by atoms with Crippen molar-refractivity contribution in [3.05, 3.63) is 71.8 Å². The van der Waals surface area contributed by atoms with Crippen LogP contribution in [0.1, 0.15) is 0 Å². The van der Waals surface area contributed by atoms with Crippen LogP contribution in [-0.2, 0) is 28.9 Å². The Kier molecular flexibility index (Phi) is 10.2. The van der Waals surface area contributed by atoms with Gasteiger partial charge < -0.3 is 15.9 Å². The molecule has 0 fully saturated rings. The molecule has 0 spiro atoms. The zero-order valence-corrected chi connectivity index (χ0v) is 25.7. The Bertz CT molecular complexity index is 2140. The van der Waals surface area contributed by atoms with Gasteiger partial charge in [0.2, 0.25) is 0 Å². The van der Waals surface area contributed by atoms with E-state index in [0.29, 0.717) is 22.6 Å². The van der Waals surface area contributed by atoms with Crippen LogP contribution in [0.5, 0.6) is 11.5 Å². The highest BCUT2D eigenvalue weighted by atomic mass is 35.5. The second-order valence-corrected chi connectivity index (χ2v) is 12.2. The average Bonchev–Trinajstić information content (AvgIpc) is 3.02. The normalized spacial score (nSPS) is 12.3. The number of nitrogens with zero attached hydrogens (tertiary/aromatic N) is 4. The lowest BCUT2D eigenvalue weighted by Crippen LogP contribution is -2.03. The van der Waals surface area contributed by atoms with E-state index in [1.54, 1.807) is 30.3 Å². The van der Waals surface area contributed by atoms with Gasteiger partial charge in [0.05, 0.1) is 45.4 Å². The summed E-state index contributed by atoms with van der Waals surface area (Å²) in [5.74, 6) is -0.886. The van der Waals surface area contributed by atoms with Crippen LogP contribution in [0.15, 0.2) is 102 Å². The molecule has 7 N–H and O–H groups in total. The molecule has 0 bridgehead atoms. The molecule has 0 aliphatic heterocycles. The van der Waals surface area contributed by atoms with Crippen LogP contribution in [0.3, 0.4) is 0 Å². The molecule has 5 rings (SSSR count). The third kappa shape index (κ3) is 7.30. The second kappa shape index (κ2) is 14.1. The summed E-state index contributed by atoms with van der Waals surface area (Å²) in [7, 11) is -4.69. The first kappa shape index (κ1) is 33.2. The monoisotopic (exact) mass is 707 g/mol. The zero-order valence-electron chi connectivity index (χ0n) is 22.5. The van der Waals surface area contributed by atoms with E-state index < -0.39 is 20.8 Å². The fourth-order valence-electron chi connectivity index (χ4n) is 4.17. The number of aromatic hydroxyl groups is 2. The van der Waals surface area contributed by atoms with E-state index in [2.05, 4.69) is 39.2 Å². The van der Waals surface area contributed by atoms with Gasteiger partial charge in [-0.2, -0.15) is 13.5 Å². The molecule has 5 aromatic rings. The number of nitrogen functional groups attached to an aromatic ring is 1. The number of benzene rings is 5. The first-order chi connectivity index (χ1) is 22.0. The Morgan fingerprint density at radius 3 is 2.20 bits per heavy atom. The van der Waals surface area contributed by atoms with Gasteiger partial charge in [-0.25, -0.2) is 10.5 Å². The Hall–Kier alpha value is -4.12. The fraction of sp³-hybridized carbons (Fsp3) is 0. The number of hydrogen-bond acceptors (Lipinski definition) is 17. The van der Waals surface area contributed by atoms with Crippen molar-refractivity contribution in [2.75, 3.05) is 5.73 Å². The maximum atomic E-state index is 11.7. The lowest BCUT2D eigenvalue weighted by atomic mass is 10.1. The number of phenolic OH excluding ortho intramolecular Hbond substituents is 2. The van der Waals surface area contributed by atoms with Crippen molar-refractivity contribution in [1.29, 1.82) is 0 Å². The molecule has 0 heterocycles. The number of fused-ring (bicyclic) bond motifs is 2. The Morgan fingerprint density at radius 1 is 0.761 bits per heavy atom. The number of hydrogen-bond donors (Lipinski definition) is 6. The molecule has 0 saturated heterocycles. The van der Waals surface area contributed by atoms with Gasteiger partial charge in [-0.05, 0) is 58.6 Å². The molecule has 0 saturated carbocycles. The smallest absolute Gasteiger partial charge is 0.296 e. The first-order valence-corrected chi connectivity index (χ1v) is 15.5. The van der Waals surface area contributed by atoms with E-state index in [9.17, 15) is 23.2 Å². The molecule has 0 atom stereocenters. The third-order valence-corrected chi connectivity index (χ3v) is 8.66. The molecule has 0 unspecified atom stereocenters. The SMILES string of the molecule is Nc1cc2c(O)c(/N=N/c3cc(O)c(/N=N/c4ccc5c(SOOO)cccc5c4)cc3Cl)c(SOOO)cc2cc1S(=O)(=O)O. The average molecular weight is 708 g/mol. The van der Waals surface area contributed by atoms with Crippen LogP contribution in [-0.4, -0.2) is 33.7 Å². The fourth-order valence-corrected chi connectivity index (χ4v) is 6.00. The lowest BCUT2D eigenvalue weighted by molar-refractivity contribution is -0.432. The number of halogens is 1. The van der Waals surface area contributed by atoms with Crippen molar-refractivity contribution >= 4 is 95.8 Å². The van der Waals surface area contributed by atoms with Gasteiger partial charge in [0.1, 0.15) is 27.7 Å². The maximum absolute atomic E-state index is 11.7. The predicted octanol–water partition coefficient (Wildman–Crippen LogP) is 8.57. The number of phenols is 2. The van der Waals surface area contributed by atoms with E-state index in [0.717, 1.165) is 41.0 Å². The van der Waals surface area contributed by atoms with Crippen LogP contribution in [0.4, 0.5) is 28.4 Å². The first-order valence-electron chi connectivity index (χ1n) is 12.2. The quantitative estimate of drug-likeness (QED) is 0.0188.